The number of H-pyrrole nitrogens is 2. The smallest absolute Gasteiger partial charge is 0.253 e. The summed E-state index contributed by atoms with van der Waals surface area (Å²) in [5, 5.41) is 2.84. The van der Waals surface area contributed by atoms with Crippen LogP contribution in [0.5, 0.6) is 0 Å². The van der Waals surface area contributed by atoms with Crippen LogP contribution in [0.4, 0.5) is 0 Å². The van der Waals surface area contributed by atoms with Crippen LogP contribution < -0.4 is 10.9 Å². The molecule has 4 rings (SSSR count). The highest BCUT2D eigenvalue weighted by molar-refractivity contribution is 5.97. The van der Waals surface area contributed by atoms with Crippen LogP contribution in [0, 0.1) is 0 Å². The van der Waals surface area contributed by atoms with E-state index in [0.717, 1.165) is 34.6 Å². The predicted molar refractivity (Wildman–Crippen MR) is 86.1 cm³/mol. The second-order valence-electron chi connectivity index (χ2n) is 5.45. The van der Waals surface area contributed by atoms with E-state index >= 15 is 0 Å². The summed E-state index contributed by atoms with van der Waals surface area (Å²) in [5.41, 5.74) is 4.95. The number of nitrogens with zero attached hydrogens (tertiary/aromatic N) is 1. The van der Waals surface area contributed by atoms with E-state index in [2.05, 4.69) is 20.3 Å². The van der Waals surface area contributed by atoms with Crippen molar-refractivity contribution in [3.05, 3.63) is 64.3 Å². The Hall–Kier alpha value is -3.15. The van der Waals surface area contributed by atoms with Gasteiger partial charge in [-0.1, -0.05) is 0 Å². The number of rotatable bonds is 2. The van der Waals surface area contributed by atoms with E-state index in [-0.39, 0.29) is 11.5 Å². The van der Waals surface area contributed by atoms with Crippen LogP contribution in [0.1, 0.15) is 16.1 Å². The number of hydrogen-bond acceptors (Lipinski definition) is 3. The maximum Gasteiger partial charge on any atom is 0.253 e. The first-order valence-corrected chi connectivity index (χ1v) is 7.36. The van der Waals surface area contributed by atoms with Gasteiger partial charge in [0.1, 0.15) is 0 Å². The minimum absolute atomic E-state index is 0.0383. The van der Waals surface area contributed by atoms with E-state index < -0.39 is 0 Å². The van der Waals surface area contributed by atoms with Gasteiger partial charge in [0.25, 0.3) is 5.91 Å². The zero-order chi connectivity index (χ0) is 15.8. The van der Waals surface area contributed by atoms with Crippen LogP contribution in [-0.4, -0.2) is 27.4 Å². The van der Waals surface area contributed by atoms with Crippen LogP contribution in [-0.2, 0) is 6.42 Å². The van der Waals surface area contributed by atoms with Gasteiger partial charge < -0.3 is 15.3 Å². The van der Waals surface area contributed by atoms with Crippen LogP contribution in [0.25, 0.3) is 22.5 Å². The monoisotopic (exact) mass is 306 g/mol. The third-order valence-electron chi connectivity index (χ3n) is 3.96. The molecule has 1 amide bonds. The summed E-state index contributed by atoms with van der Waals surface area (Å²) >= 11 is 0. The van der Waals surface area contributed by atoms with Crippen molar-refractivity contribution in [2.45, 2.75) is 6.42 Å². The van der Waals surface area contributed by atoms with Gasteiger partial charge in [0.2, 0.25) is 5.56 Å². The Labute approximate surface area is 131 Å². The minimum atomic E-state index is -0.145. The molecule has 4 heterocycles. The van der Waals surface area contributed by atoms with Crippen LogP contribution >= 0.6 is 0 Å². The number of nitrogens with one attached hydrogen (secondary N) is 3. The second kappa shape index (κ2) is 5.24. The van der Waals surface area contributed by atoms with E-state index in [0.29, 0.717) is 12.1 Å². The largest absolute Gasteiger partial charge is 0.358 e. The van der Waals surface area contributed by atoms with Gasteiger partial charge >= 0.3 is 0 Å². The maximum absolute atomic E-state index is 11.9. The number of amides is 1. The Kier molecular flexibility index (Phi) is 3.08. The normalized spacial score (nSPS) is 13.5. The number of carbonyl (C=O) groups is 1. The average Bonchev–Trinajstić information content (AvgIpc) is 3.01. The number of hydrogen-bond donors (Lipinski definition) is 3. The number of aromatic nitrogens is 3. The van der Waals surface area contributed by atoms with Crippen molar-refractivity contribution in [3.8, 4) is 22.5 Å². The molecule has 1 aliphatic rings. The predicted octanol–water partition coefficient (Wildman–Crippen LogP) is 1.72. The lowest BCUT2D eigenvalue weighted by Crippen LogP contribution is -2.31. The fraction of sp³-hybridized carbons (Fsp3) is 0.118. The Morgan fingerprint density at radius 2 is 1.96 bits per heavy atom. The first-order chi connectivity index (χ1) is 11.2. The molecule has 0 bridgehead atoms. The van der Waals surface area contributed by atoms with Gasteiger partial charge in [0.15, 0.2) is 0 Å². The standard InChI is InChI=1S/C17H14N4O2/c22-16-2-1-11(9-20-16)14-7-10(3-5-18-14)15-8-12-13(21-15)4-6-19-17(12)23/h1-3,5,7-9,21H,4,6H2,(H,19,23)(H,20,22). The molecular weight excluding hydrogens is 292 g/mol. The van der Waals surface area contributed by atoms with Crippen molar-refractivity contribution in [2.75, 3.05) is 6.54 Å². The molecule has 0 aromatic carbocycles. The summed E-state index contributed by atoms with van der Waals surface area (Å²) in [6, 6.07) is 8.91. The molecule has 0 unspecified atom stereocenters. The molecular formula is C17H14N4O2. The molecule has 0 atom stereocenters. The Morgan fingerprint density at radius 1 is 1.04 bits per heavy atom. The van der Waals surface area contributed by atoms with Gasteiger partial charge in [-0.15, -0.1) is 0 Å². The zero-order valence-electron chi connectivity index (χ0n) is 12.2. The zero-order valence-corrected chi connectivity index (χ0v) is 12.2. The molecule has 3 aromatic heterocycles. The lowest BCUT2D eigenvalue weighted by Gasteiger charge is -2.10. The van der Waals surface area contributed by atoms with Crippen molar-refractivity contribution >= 4 is 5.91 Å². The van der Waals surface area contributed by atoms with Crippen LogP contribution in [0.3, 0.4) is 0 Å². The molecule has 6 nitrogen and oxygen atoms in total. The van der Waals surface area contributed by atoms with Gasteiger partial charge in [-0.2, -0.15) is 0 Å². The van der Waals surface area contributed by atoms with Gasteiger partial charge in [0, 0.05) is 53.9 Å². The lowest BCUT2D eigenvalue weighted by atomic mass is 10.1. The van der Waals surface area contributed by atoms with Crippen LogP contribution in [0.2, 0.25) is 0 Å². The molecule has 0 radical (unpaired) electrons. The summed E-state index contributed by atoms with van der Waals surface area (Å²) in [6.07, 6.45) is 4.16. The summed E-state index contributed by atoms with van der Waals surface area (Å²) in [6.45, 7) is 0.658. The highest BCUT2D eigenvalue weighted by Crippen LogP contribution is 2.26. The molecule has 0 aliphatic carbocycles. The van der Waals surface area contributed by atoms with Gasteiger partial charge in [0.05, 0.1) is 11.3 Å². The number of fused-ring (bicyclic) bond motifs is 1. The maximum atomic E-state index is 11.9. The molecule has 0 saturated carbocycles. The summed E-state index contributed by atoms with van der Waals surface area (Å²) in [4.78, 5) is 33.4. The SMILES string of the molecule is O=C1NCCc2[nH]c(-c3ccnc(-c4ccc(=O)[nH]c4)c3)cc21. The summed E-state index contributed by atoms with van der Waals surface area (Å²) in [5.74, 6) is -0.0383. The third-order valence-corrected chi connectivity index (χ3v) is 3.96. The minimum Gasteiger partial charge on any atom is -0.358 e. The van der Waals surface area contributed by atoms with E-state index in [4.69, 9.17) is 0 Å². The van der Waals surface area contributed by atoms with E-state index in [1.165, 1.54) is 6.07 Å². The fourth-order valence-corrected chi connectivity index (χ4v) is 2.77. The fourth-order valence-electron chi connectivity index (χ4n) is 2.77. The molecule has 0 spiro atoms. The van der Waals surface area contributed by atoms with Crippen molar-refractivity contribution in [3.63, 3.8) is 0 Å². The van der Waals surface area contributed by atoms with E-state index in [1.54, 1.807) is 18.5 Å². The number of carbonyl (C=O) groups excluding carboxylic acids is 1. The lowest BCUT2D eigenvalue weighted by molar-refractivity contribution is 0.0946. The van der Waals surface area contributed by atoms with Crippen molar-refractivity contribution in [1.82, 2.24) is 20.3 Å². The van der Waals surface area contributed by atoms with Gasteiger partial charge in [-0.05, 0) is 24.3 Å². The Bertz CT molecular complexity index is 935. The quantitative estimate of drug-likeness (QED) is 0.673. The molecule has 6 heteroatoms. The molecule has 0 fully saturated rings. The topological polar surface area (TPSA) is 90.6 Å². The van der Waals surface area contributed by atoms with E-state index in [9.17, 15) is 9.59 Å². The van der Waals surface area contributed by atoms with Crippen LogP contribution in [0.15, 0.2) is 47.5 Å². The van der Waals surface area contributed by atoms with Gasteiger partial charge in [-0.3, -0.25) is 14.6 Å². The number of pyridine rings is 2. The van der Waals surface area contributed by atoms with E-state index in [1.807, 2.05) is 18.2 Å². The van der Waals surface area contributed by atoms with Crippen molar-refractivity contribution < 1.29 is 4.79 Å². The third kappa shape index (κ3) is 2.44. The highest BCUT2D eigenvalue weighted by Gasteiger charge is 2.20. The number of aromatic amines is 2. The molecule has 3 N–H and O–H groups in total. The molecule has 0 saturated heterocycles. The van der Waals surface area contributed by atoms with Gasteiger partial charge in [-0.25, -0.2) is 0 Å². The molecule has 3 aromatic rings. The first kappa shape index (κ1) is 13.5. The first-order valence-electron chi connectivity index (χ1n) is 7.36. The van der Waals surface area contributed by atoms with Crippen molar-refractivity contribution in [1.29, 1.82) is 0 Å². The second-order valence-corrected chi connectivity index (χ2v) is 5.45. The molecule has 114 valence electrons. The Balaban J connectivity index is 1.76. The Morgan fingerprint density at radius 3 is 2.74 bits per heavy atom. The average molecular weight is 306 g/mol. The highest BCUT2D eigenvalue weighted by atomic mass is 16.1. The van der Waals surface area contributed by atoms with Crippen molar-refractivity contribution in [2.24, 2.45) is 0 Å². The summed E-state index contributed by atoms with van der Waals surface area (Å²) < 4.78 is 0. The molecule has 1 aliphatic heterocycles. The summed E-state index contributed by atoms with van der Waals surface area (Å²) in [7, 11) is 0. The molecule has 23 heavy (non-hydrogen) atoms.